The quantitative estimate of drug-likeness (QED) is 0.573. The van der Waals surface area contributed by atoms with Gasteiger partial charge in [0.2, 0.25) is 0 Å². The molecule has 0 atom stereocenters. The van der Waals surface area contributed by atoms with E-state index in [-0.39, 0.29) is 24.0 Å². The topological polar surface area (TPSA) is 12.0 Å². The Morgan fingerprint density at radius 2 is 1.12 bits per heavy atom. The highest BCUT2D eigenvalue weighted by atomic mass is 127. The number of halogens is 1. The van der Waals surface area contributed by atoms with E-state index in [4.69, 9.17) is 0 Å². The molecule has 0 aliphatic rings. The molecule has 17 heavy (non-hydrogen) atoms. The van der Waals surface area contributed by atoms with E-state index in [1.165, 1.54) is 10.6 Å². The Kier molecular flexibility index (Phi) is 5.57. The number of hydrogen-bond acceptors (Lipinski definition) is 1. The second kappa shape index (κ2) is 6.48. The SMILES string of the molecule is CN[P+](C)(c1ccccc1)c1ccccc1.[I-]. The zero-order valence-electron chi connectivity index (χ0n) is 10.1. The molecular weight excluding hydrogens is 340 g/mol. The van der Waals surface area contributed by atoms with Crippen LogP contribution >= 0.6 is 7.41 Å². The molecular formula is C14H17INP. The smallest absolute Gasteiger partial charge is 0.142 e. The maximum atomic E-state index is 3.52. The van der Waals surface area contributed by atoms with Gasteiger partial charge in [-0.05, 0) is 24.3 Å². The van der Waals surface area contributed by atoms with Crippen molar-refractivity contribution in [2.45, 2.75) is 0 Å². The van der Waals surface area contributed by atoms with Gasteiger partial charge in [0.05, 0.1) is 6.66 Å². The van der Waals surface area contributed by atoms with Crippen LogP contribution in [-0.4, -0.2) is 13.7 Å². The van der Waals surface area contributed by atoms with Crippen molar-refractivity contribution in [1.29, 1.82) is 0 Å². The molecule has 2 rings (SSSR count). The van der Waals surface area contributed by atoms with Crippen molar-refractivity contribution in [3.63, 3.8) is 0 Å². The van der Waals surface area contributed by atoms with Crippen LogP contribution in [0.25, 0.3) is 0 Å². The van der Waals surface area contributed by atoms with Crippen molar-refractivity contribution in [3.8, 4) is 0 Å². The molecule has 2 aromatic rings. The molecule has 0 spiro atoms. The third kappa shape index (κ3) is 3.06. The van der Waals surface area contributed by atoms with Gasteiger partial charge in [-0.3, -0.25) is 0 Å². The molecule has 1 nitrogen and oxygen atoms in total. The van der Waals surface area contributed by atoms with Crippen LogP contribution in [0.5, 0.6) is 0 Å². The lowest BCUT2D eigenvalue weighted by molar-refractivity contribution is -0.00000330. The summed E-state index contributed by atoms with van der Waals surface area (Å²) in [5.74, 6) is 0. The molecule has 0 amide bonds. The Morgan fingerprint density at radius 1 is 0.765 bits per heavy atom. The molecule has 0 aromatic heterocycles. The van der Waals surface area contributed by atoms with E-state index >= 15 is 0 Å². The zero-order chi connectivity index (χ0) is 11.4. The highest BCUT2D eigenvalue weighted by Crippen LogP contribution is 2.47. The molecule has 0 saturated carbocycles. The lowest BCUT2D eigenvalue weighted by Crippen LogP contribution is -3.00. The second-order valence-corrected chi connectivity index (χ2v) is 7.39. The molecule has 0 bridgehead atoms. The van der Waals surface area contributed by atoms with Crippen LogP contribution in [0.15, 0.2) is 60.7 Å². The fourth-order valence-electron chi connectivity index (χ4n) is 1.86. The van der Waals surface area contributed by atoms with Gasteiger partial charge in [0.25, 0.3) is 0 Å². The molecule has 0 aliphatic heterocycles. The van der Waals surface area contributed by atoms with Gasteiger partial charge in [-0.15, -0.1) is 0 Å². The standard InChI is InChI=1S/C14H17NP.HI/c1-15-16(2,13-9-5-3-6-10-13)14-11-7-4-8-12-14;/h3-12,15H,1-2H3;1H/q+1;/p-1. The Balaban J connectivity index is 0.00000144. The molecule has 0 unspecified atom stereocenters. The molecule has 0 radical (unpaired) electrons. The summed E-state index contributed by atoms with van der Waals surface area (Å²) in [6, 6.07) is 21.4. The van der Waals surface area contributed by atoms with Crippen LogP contribution in [0.2, 0.25) is 0 Å². The maximum absolute atomic E-state index is 3.52. The summed E-state index contributed by atoms with van der Waals surface area (Å²) in [5.41, 5.74) is 0. The Bertz CT molecular complexity index is 405. The van der Waals surface area contributed by atoms with Crippen molar-refractivity contribution in [3.05, 3.63) is 60.7 Å². The van der Waals surface area contributed by atoms with Gasteiger partial charge in [0.15, 0.2) is 0 Å². The molecule has 0 heterocycles. The lowest BCUT2D eigenvalue weighted by Gasteiger charge is -2.21. The normalized spacial score (nSPS) is 10.7. The summed E-state index contributed by atoms with van der Waals surface area (Å²) < 4.78 is 0. The van der Waals surface area contributed by atoms with Gasteiger partial charge in [-0.25, -0.2) is 0 Å². The van der Waals surface area contributed by atoms with Crippen LogP contribution < -0.4 is 39.7 Å². The monoisotopic (exact) mass is 357 g/mol. The number of benzene rings is 2. The van der Waals surface area contributed by atoms with E-state index < -0.39 is 7.41 Å². The summed E-state index contributed by atoms with van der Waals surface area (Å²) in [6.45, 7) is 2.32. The second-order valence-electron chi connectivity index (χ2n) is 3.90. The van der Waals surface area contributed by atoms with Crippen molar-refractivity contribution in [2.75, 3.05) is 13.7 Å². The van der Waals surface area contributed by atoms with Gasteiger partial charge in [0, 0.05) is 7.05 Å². The average Bonchev–Trinajstić information content (AvgIpc) is 2.40. The van der Waals surface area contributed by atoms with E-state index in [2.05, 4.69) is 72.4 Å². The van der Waals surface area contributed by atoms with E-state index in [0.717, 1.165) is 0 Å². The molecule has 0 fully saturated rings. The van der Waals surface area contributed by atoms with Crippen LogP contribution in [0, 0.1) is 0 Å². The Morgan fingerprint density at radius 3 is 1.41 bits per heavy atom. The Labute approximate surface area is 121 Å². The van der Waals surface area contributed by atoms with Gasteiger partial charge in [0.1, 0.15) is 18.0 Å². The van der Waals surface area contributed by atoms with Gasteiger partial charge in [-0.2, -0.15) is 5.09 Å². The first-order chi connectivity index (χ1) is 7.77. The van der Waals surface area contributed by atoms with Crippen molar-refractivity contribution < 1.29 is 24.0 Å². The van der Waals surface area contributed by atoms with Crippen molar-refractivity contribution in [2.24, 2.45) is 0 Å². The molecule has 0 aliphatic carbocycles. The summed E-state index contributed by atoms with van der Waals surface area (Å²) in [7, 11) is 0.644. The molecule has 0 saturated heterocycles. The zero-order valence-corrected chi connectivity index (χ0v) is 13.2. The molecule has 1 N–H and O–H groups in total. The van der Waals surface area contributed by atoms with E-state index in [1.54, 1.807) is 0 Å². The van der Waals surface area contributed by atoms with Crippen LogP contribution in [-0.2, 0) is 0 Å². The highest BCUT2D eigenvalue weighted by molar-refractivity contribution is 7.87. The van der Waals surface area contributed by atoms with Crippen LogP contribution in [0.4, 0.5) is 0 Å². The van der Waals surface area contributed by atoms with Crippen LogP contribution in [0.1, 0.15) is 0 Å². The third-order valence-electron chi connectivity index (χ3n) is 2.99. The fourth-order valence-corrected chi connectivity index (χ4v) is 4.21. The number of hydrogen-bond donors (Lipinski definition) is 1. The first-order valence-electron chi connectivity index (χ1n) is 5.44. The molecule has 2 aromatic carbocycles. The predicted molar refractivity (Wildman–Crippen MR) is 74.1 cm³/mol. The highest BCUT2D eigenvalue weighted by Gasteiger charge is 2.35. The largest absolute Gasteiger partial charge is 1.00 e. The van der Waals surface area contributed by atoms with Crippen molar-refractivity contribution in [1.82, 2.24) is 5.09 Å². The van der Waals surface area contributed by atoms with E-state index in [0.29, 0.717) is 0 Å². The minimum Gasteiger partial charge on any atom is -1.00 e. The average molecular weight is 357 g/mol. The lowest BCUT2D eigenvalue weighted by atomic mass is 10.4. The van der Waals surface area contributed by atoms with E-state index in [9.17, 15) is 0 Å². The van der Waals surface area contributed by atoms with E-state index in [1.807, 2.05) is 7.05 Å². The summed E-state index contributed by atoms with van der Waals surface area (Å²) in [5, 5.41) is 6.31. The minimum absolute atomic E-state index is 0. The summed E-state index contributed by atoms with van der Waals surface area (Å²) in [4.78, 5) is 0. The maximum Gasteiger partial charge on any atom is 0.142 e. The van der Waals surface area contributed by atoms with Crippen LogP contribution in [0.3, 0.4) is 0 Å². The molecule has 3 heteroatoms. The van der Waals surface area contributed by atoms with Gasteiger partial charge in [-0.1, -0.05) is 36.4 Å². The number of nitrogens with one attached hydrogen (secondary N) is 1. The minimum atomic E-state index is -1.40. The van der Waals surface area contributed by atoms with Gasteiger partial charge >= 0.3 is 0 Å². The fraction of sp³-hybridized carbons (Fsp3) is 0.143. The van der Waals surface area contributed by atoms with Gasteiger partial charge < -0.3 is 24.0 Å². The first kappa shape index (κ1) is 14.6. The molecule has 90 valence electrons. The summed E-state index contributed by atoms with van der Waals surface area (Å²) >= 11 is 0. The predicted octanol–water partition coefficient (Wildman–Crippen LogP) is -0.577. The number of rotatable bonds is 3. The third-order valence-corrected chi connectivity index (χ3v) is 6.55. The Hall–Kier alpha value is -0.440. The van der Waals surface area contributed by atoms with Crippen molar-refractivity contribution >= 4 is 18.0 Å². The summed E-state index contributed by atoms with van der Waals surface area (Å²) in [6.07, 6.45) is 0. The first-order valence-corrected chi connectivity index (χ1v) is 7.68.